The molecule has 0 aliphatic rings. The zero-order valence-corrected chi connectivity index (χ0v) is 20.6. The summed E-state index contributed by atoms with van der Waals surface area (Å²) in [7, 11) is 1.64. The van der Waals surface area contributed by atoms with Crippen LogP contribution >= 0.6 is 0 Å². The molecule has 3 N–H and O–H groups in total. The number of benzene rings is 3. The first-order chi connectivity index (χ1) is 17.5. The van der Waals surface area contributed by atoms with Crippen LogP contribution in [0.5, 0.6) is 5.75 Å². The lowest BCUT2D eigenvalue weighted by atomic mass is 9.99. The Kier molecular flexibility index (Phi) is 8.55. The Bertz CT molecular complexity index is 1260. The van der Waals surface area contributed by atoms with Crippen LogP contribution in [0.4, 0.5) is 0 Å². The van der Waals surface area contributed by atoms with E-state index in [2.05, 4.69) is 10.6 Å². The van der Waals surface area contributed by atoms with Gasteiger partial charge in [0.15, 0.2) is 0 Å². The Balaban J connectivity index is 1.46. The van der Waals surface area contributed by atoms with Crippen molar-refractivity contribution in [3.05, 3.63) is 113 Å². The number of rotatable bonds is 11. The van der Waals surface area contributed by atoms with E-state index in [4.69, 9.17) is 9.15 Å². The molecule has 0 unspecified atom stereocenters. The van der Waals surface area contributed by atoms with Crippen LogP contribution in [0.25, 0.3) is 11.3 Å². The first-order valence-corrected chi connectivity index (χ1v) is 12.0. The maximum Gasteiger partial charge on any atom is 0.251 e. The van der Waals surface area contributed by atoms with Crippen molar-refractivity contribution in [1.29, 1.82) is 0 Å². The normalized spacial score (nSPS) is 12.6. The summed E-state index contributed by atoms with van der Waals surface area (Å²) in [5.74, 6) is 1.26. The van der Waals surface area contributed by atoms with E-state index >= 15 is 0 Å². The summed E-state index contributed by atoms with van der Waals surface area (Å²) in [6.07, 6.45) is 1.32. The zero-order valence-electron chi connectivity index (χ0n) is 20.6. The van der Waals surface area contributed by atoms with Crippen LogP contribution in [0.2, 0.25) is 0 Å². The van der Waals surface area contributed by atoms with Gasteiger partial charge >= 0.3 is 0 Å². The second kappa shape index (κ2) is 12.2. The highest BCUT2D eigenvalue weighted by Crippen LogP contribution is 2.23. The lowest BCUT2D eigenvalue weighted by Crippen LogP contribution is -2.48. The number of furan rings is 1. The van der Waals surface area contributed by atoms with Gasteiger partial charge in [-0.2, -0.15) is 0 Å². The predicted molar refractivity (Wildman–Crippen MR) is 141 cm³/mol. The molecular formula is C30H32N2O4. The number of amides is 1. The number of aliphatic hydroxyl groups is 1. The van der Waals surface area contributed by atoms with E-state index in [1.54, 1.807) is 13.4 Å². The third-order valence-corrected chi connectivity index (χ3v) is 6.04. The number of nitrogens with one attached hydrogen (secondary N) is 2. The van der Waals surface area contributed by atoms with Crippen molar-refractivity contribution < 1.29 is 19.1 Å². The van der Waals surface area contributed by atoms with E-state index in [9.17, 15) is 9.90 Å². The fourth-order valence-electron chi connectivity index (χ4n) is 4.19. The van der Waals surface area contributed by atoms with Crippen molar-refractivity contribution in [2.75, 3.05) is 13.7 Å². The lowest BCUT2D eigenvalue weighted by Gasteiger charge is -2.25. The van der Waals surface area contributed by atoms with Crippen molar-refractivity contribution in [2.24, 2.45) is 0 Å². The number of ether oxygens (including phenoxy) is 1. The third-order valence-electron chi connectivity index (χ3n) is 6.04. The van der Waals surface area contributed by atoms with Gasteiger partial charge in [-0.05, 0) is 72.5 Å². The van der Waals surface area contributed by atoms with E-state index in [-0.39, 0.29) is 5.91 Å². The van der Waals surface area contributed by atoms with Gasteiger partial charge in [-0.25, -0.2) is 0 Å². The lowest BCUT2D eigenvalue weighted by molar-refractivity contribution is 0.0830. The molecule has 1 aromatic heterocycles. The van der Waals surface area contributed by atoms with Gasteiger partial charge < -0.3 is 24.9 Å². The Morgan fingerprint density at radius 3 is 2.53 bits per heavy atom. The molecule has 2 atom stereocenters. The Hall–Kier alpha value is -3.87. The summed E-state index contributed by atoms with van der Waals surface area (Å²) in [5.41, 5.74) is 4.40. The van der Waals surface area contributed by atoms with Crippen LogP contribution in [-0.4, -0.2) is 36.8 Å². The van der Waals surface area contributed by atoms with Gasteiger partial charge in [0.05, 0.1) is 25.5 Å². The zero-order chi connectivity index (χ0) is 25.3. The molecule has 0 bridgehead atoms. The molecule has 0 saturated carbocycles. The van der Waals surface area contributed by atoms with Gasteiger partial charge in [-0.3, -0.25) is 4.79 Å². The molecule has 186 valence electrons. The Labute approximate surface area is 211 Å². The second-order valence-electron chi connectivity index (χ2n) is 8.88. The standard InChI is InChI=1S/C30H32N2O4/c1-21-14-24(29-12-7-13-36-29)18-25(15-21)30(34)32-27(17-22-8-4-3-5-9-22)28(33)20-31-19-23-10-6-11-26(16-23)35-2/h3-16,18,27-28,31,33H,17,19-20H2,1-2H3,(H,32,34)/t27-,28+/m0/s1. The van der Waals surface area contributed by atoms with E-state index in [1.165, 1.54) is 0 Å². The third kappa shape index (κ3) is 6.84. The first kappa shape index (κ1) is 25.2. The van der Waals surface area contributed by atoms with Gasteiger partial charge in [-0.15, -0.1) is 0 Å². The predicted octanol–water partition coefficient (Wildman–Crippen LogP) is 4.76. The van der Waals surface area contributed by atoms with E-state index < -0.39 is 12.1 Å². The minimum atomic E-state index is -0.797. The van der Waals surface area contributed by atoms with Crippen LogP contribution in [-0.2, 0) is 13.0 Å². The summed E-state index contributed by atoms with van der Waals surface area (Å²) < 4.78 is 10.8. The first-order valence-electron chi connectivity index (χ1n) is 12.0. The average Bonchev–Trinajstić information content (AvgIpc) is 3.44. The molecule has 0 radical (unpaired) electrons. The molecule has 0 saturated heterocycles. The molecule has 3 aromatic carbocycles. The van der Waals surface area contributed by atoms with Gasteiger partial charge in [0.25, 0.3) is 5.91 Å². The monoisotopic (exact) mass is 484 g/mol. The van der Waals surface area contributed by atoms with Crippen LogP contribution in [0.15, 0.2) is 95.6 Å². The van der Waals surface area contributed by atoms with Crippen molar-refractivity contribution in [2.45, 2.75) is 32.0 Å². The number of carbonyl (C=O) groups is 1. The summed E-state index contributed by atoms with van der Waals surface area (Å²) in [4.78, 5) is 13.3. The molecule has 36 heavy (non-hydrogen) atoms. The molecule has 6 heteroatoms. The maximum absolute atomic E-state index is 13.3. The van der Waals surface area contributed by atoms with Crippen molar-refractivity contribution in [3.8, 4) is 17.1 Å². The number of aryl methyl sites for hydroxylation is 1. The van der Waals surface area contributed by atoms with Crippen LogP contribution in [0, 0.1) is 6.92 Å². The molecular weight excluding hydrogens is 452 g/mol. The summed E-state index contributed by atoms with van der Waals surface area (Å²) in [6, 6.07) is 26.5. The van der Waals surface area contributed by atoms with Gasteiger partial charge in [-0.1, -0.05) is 42.5 Å². The van der Waals surface area contributed by atoms with Crippen molar-refractivity contribution in [1.82, 2.24) is 10.6 Å². The maximum atomic E-state index is 13.3. The fraction of sp³-hybridized carbons (Fsp3) is 0.233. The topological polar surface area (TPSA) is 83.7 Å². The molecule has 1 amide bonds. The highest BCUT2D eigenvalue weighted by molar-refractivity contribution is 5.95. The Morgan fingerprint density at radius 1 is 0.972 bits per heavy atom. The van der Waals surface area contributed by atoms with Crippen LogP contribution < -0.4 is 15.4 Å². The van der Waals surface area contributed by atoms with E-state index in [0.29, 0.717) is 30.8 Å². The molecule has 1 heterocycles. The van der Waals surface area contributed by atoms with Crippen LogP contribution in [0.3, 0.4) is 0 Å². The smallest absolute Gasteiger partial charge is 0.251 e. The number of methoxy groups -OCH3 is 1. The number of hydrogen-bond acceptors (Lipinski definition) is 5. The molecule has 4 rings (SSSR count). The molecule has 0 aliphatic carbocycles. The highest BCUT2D eigenvalue weighted by atomic mass is 16.5. The van der Waals surface area contributed by atoms with E-state index in [1.807, 2.05) is 91.9 Å². The van der Waals surface area contributed by atoms with Crippen LogP contribution in [0.1, 0.15) is 27.0 Å². The minimum Gasteiger partial charge on any atom is -0.497 e. The minimum absolute atomic E-state index is 0.237. The Morgan fingerprint density at radius 2 is 1.78 bits per heavy atom. The summed E-state index contributed by atoms with van der Waals surface area (Å²) in [5, 5.41) is 17.5. The molecule has 0 fully saturated rings. The number of aliphatic hydroxyl groups excluding tert-OH is 1. The molecule has 6 nitrogen and oxygen atoms in total. The van der Waals surface area contributed by atoms with Gasteiger partial charge in [0.2, 0.25) is 0 Å². The molecule has 0 spiro atoms. The number of carbonyl (C=O) groups excluding carboxylic acids is 1. The summed E-state index contributed by atoms with van der Waals surface area (Å²) >= 11 is 0. The average molecular weight is 485 g/mol. The second-order valence-corrected chi connectivity index (χ2v) is 8.88. The molecule has 4 aromatic rings. The largest absolute Gasteiger partial charge is 0.497 e. The number of hydrogen-bond donors (Lipinski definition) is 3. The van der Waals surface area contributed by atoms with Gasteiger partial charge in [0, 0.05) is 24.2 Å². The highest BCUT2D eigenvalue weighted by Gasteiger charge is 2.23. The van der Waals surface area contributed by atoms with Gasteiger partial charge in [0.1, 0.15) is 11.5 Å². The van der Waals surface area contributed by atoms with Crippen molar-refractivity contribution in [3.63, 3.8) is 0 Å². The summed E-state index contributed by atoms with van der Waals surface area (Å²) in [6.45, 7) is 2.84. The SMILES string of the molecule is COc1cccc(CNC[C@@H](O)[C@H](Cc2ccccc2)NC(=O)c2cc(C)cc(-c3ccco3)c2)c1. The fourth-order valence-corrected chi connectivity index (χ4v) is 4.19. The van der Waals surface area contributed by atoms with E-state index in [0.717, 1.165) is 28.0 Å². The van der Waals surface area contributed by atoms with Crippen molar-refractivity contribution >= 4 is 5.91 Å². The quantitative estimate of drug-likeness (QED) is 0.286. The molecule has 0 aliphatic heterocycles.